The molecule has 0 bridgehead atoms. The van der Waals surface area contributed by atoms with E-state index >= 15 is 0 Å². The van der Waals surface area contributed by atoms with Gasteiger partial charge in [-0.05, 0) is 12.1 Å². The number of ether oxygens (including phenoxy) is 1. The van der Waals surface area contributed by atoms with Gasteiger partial charge in [-0.15, -0.1) is 0 Å². The Labute approximate surface area is 86.7 Å². The zero-order valence-corrected chi connectivity index (χ0v) is 8.30. The number of para-hydroxylation sites is 1. The summed E-state index contributed by atoms with van der Waals surface area (Å²) in [6.45, 7) is -0.359. The summed E-state index contributed by atoms with van der Waals surface area (Å²) in [4.78, 5) is 0. The van der Waals surface area contributed by atoms with Crippen LogP contribution in [-0.4, -0.2) is 23.9 Å². The van der Waals surface area contributed by atoms with E-state index in [2.05, 4.69) is 0 Å². The first-order valence-electron chi connectivity index (χ1n) is 4.61. The molecule has 0 spiro atoms. The molecule has 2 rings (SSSR count). The van der Waals surface area contributed by atoms with E-state index in [4.69, 9.17) is 14.3 Å². The predicted octanol–water partition coefficient (Wildman–Crippen LogP) is 1.47. The van der Waals surface area contributed by atoms with Gasteiger partial charge >= 0.3 is 0 Å². The van der Waals surface area contributed by atoms with Crippen LogP contribution in [0, 0.1) is 0 Å². The SMILES string of the molecule is COc1cccc2cc([C@H](O)CO)oc12. The van der Waals surface area contributed by atoms with Gasteiger partial charge in [-0.1, -0.05) is 12.1 Å². The van der Waals surface area contributed by atoms with E-state index in [1.807, 2.05) is 12.1 Å². The lowest BCUT2D eigenvalue weighted by atomic mass is 10.2. The smallest absolute Gasteiger partial charge is 0.176 e. The second-order valence-corrected chi connectivity index (χ2v) is 3.23. The Morgan fingerprint density at radius 1 is 1.47 bits per heavy atom. The molecule has 2 N–H and O–H groups in total. The molecule has 1 aromatic heterocycles. The van der Waals surface area contributed by atoms with E-state index in [-0.39, 0.29) is 6.61 Å². The van der Waals surface area contributed by atoms with Gasteiger partial charge in [-0.25, -0.2) is 0 Å². The van der Waals surface area contributed by atoms with Gasteiger partial charge in [0.1, 0.15) is 11.9 Å². The lowest BCUT2D eigenvalue weighted by Gasteiger charge is -2.01. The lowest BCUT2D eigenvalue weighted by molar-refractivity contribution is 0.0788. The van der Waals surface area contributed by atoms with Crippen LogP contribution in [0.15, 0.2) is 28.7 Å². The quantitative estimate of drug-likeness (QED) is 0.801. The van der Waals surface area contributed by atoms with Crippen molar-refractivity contribution in [2.75, 3.05) is 13.7 Å². The van der Waals surface area contributed by atoms with Gasteiger partial charge < -0.3 is 19.4 Å². The maximum Gasteiger partial charge on any atom is 0.176 e. The Morgan fingerprint density at radius 2 is 2.27 bits per heavy atom. The van der Waals surface area contributed by atoms with E-state index in [1.165, 1.54) is 0 Å². The highest BCUT2D eigenvalue weighted by atomic mass is 16.5. The summed E-state index contributed by atoms with van der Waals surface area (Å²) < 4.78 is 10.5. The molecule has 4 nitrogen and oxygen atoms in total. The van der Waals surface area contributed by atoms with E-state index in [0.29, 0.717) is 17.1 Å². The molecule has 0 unspecified atom stereocenters. The number of rotatable bonds is 3. The Bertz CT molecular complexity index is 461. The normalized spacial score (nSPS) is 13.0. The van der Waals surface area contributed by atoms with E-state index in [0.717, 1.165) is 5.39 Å². The molecule has 0 saturated heterocycles. The van der Waals surface area contributed by atoms with Crippen LogP contribution in [0.3, 0.4) is 0 Å². The van der Waals surface area contributed by atoms with Crippen LogP contribution in [-0.2, 0) is 0 Å². The summed E-state index contributed by atoms with van der Waals surface area (Å²) in [5.74, 6) is 0.959. The molecule has 1 heterocycles. The highest BCUT2D eigenvalue weighted by Crippen LogP contribution is 2.30. The number of fused-ring (bicyclic) bond motifs is 1. The first kappa shape index (κ1) is 10.0. The zero-order chi connectivity index (χ0) is 10.8. The van der Waals surface area contributed by atoms with Crippen LogP contribution < -0.4 is 4.74 Å². The molecule has 1 atom stereocenters. The minimum atomic E-state index is -0.984. The molecule has 15 heavy (non-hydrogen) atoms. The molecule has 0 aliphatic rings. The maximum atomic E-state index is 9.41. The number of methoxy groups -OCH3 is 1. The summed E-state index contributed by atoms with van der Waals surface area (Å²) in [6.07, 6.45) is -0.984. The predicted molar refractivity (Wildman–Crippen MR) is 54.8 cm³/mol. The van der Waals surface area contributed by atoms with Crippen molar-refractivity contribution in [3.63, 3.8) is 0 Å². The number of aliphatic hydroxyl groups excluding tert-OH is 2. The van der Waals surface area contributed by atoms with Crippen LogP contribution in [0.1, 0.15) is 11.9 Å². The molecular formula is C11H12O4. The van der Waals surface area contributed by atoms with E-state index in [9.17, 15) is 5.11 Å². The molecule has 2 aromatic rings. The van der Waals surface area contributed by atoms with Crippen molar-refractivity contribution in [2.45, 2.75) is 6.10 Å². The second-order valence-electron chi connectivity index (χ2n) is 3.23. The molecule has 0 radical (unpaired) electrons. The van der Waals surface area contributed by atoms with Crippen molar-refractivity contribution in [3.05, 3.63) is 30.0 Å². The Kier molecular flexibility index (Phi) is 2.62. The fourth-order valence-corrected chi connectivity index (χ4v) is 1.47. The monoisotopic (exact) mass is 208 g/mol. The molecule has 0 amide bonds. The van der Waals surface area contributed by atoms with Crippen molar-refractivity contribution < 1.29 is 19.4 Å². The minimum absolute atomic E-state index is 0.344. The maximum absolute atomic E-state index is 9.41. The summed E-state index contributed by atoms with van der Waals surface area (Å²) in [6, 6.07) is 7.17. The Morgan fingerprint density at radius 3 is 2.93 bits per heavy atom. The molecular weight excluding hydrogens is 196 g/mol. The number of hydrogen-bond donors (Lipinski definition) is 2. The van der Waals surface area contributed by atoms with Crippen molar-refractivity contribution in [3.8, 4) is 5.75 Å². The van der Waals surface area contributed by atoms with Gasteiger partial charge in [0.05, 0.1) is 13.7 Å². The number of aliphatic hydroxyl groups is 2. The van der Waals surface area contributed by atoms with Crippen molar-refractivity contribution in [1.29, 1.82) is 0 Å². The molecule has 0 aliphatic carbocycles. The topological polar surface area (TPSA) is 62.8 Å². The third-order valence-electron chi connectivity index (χ3n) is 2.25. The van der Waals surface area contributed by atoms with E-state index in [1.54, 1.807) is 19.2 Å². The number of hydrogen-bond acceptors (Lipinski definition) is 4. The standard InChI is InChI=1S/C11H12O4/c1-14-9-4-2-3-7-5-10(8(13)6-12)15-11(7)9/h2-5,8,12-13H,6H2,1H3/t8-/m1/s1. The summed E-state index contributed by atoms with van der Waals surface area (Å²) in [5.41, 5.74) is 0.586. The van der Waals surface area contributed by atoms with Gasteiger partial charge in [0.25, 0.3) is 0 Å². The lowest BCUT2D eigenvalue weighted by Crippen LogP contribution is -1.99. The zero-order valence-electron chi connectivity index (χ0n) is 8.30. The molecule has 1 aromatic carbocycles. The third-order valence-corrected chi connectivity index (χ3v) is 2.25. The number of benzene rings is 1. The molecule has 4 heteroatoms. The van der Waals surface area contributed by atoms with Crippen molar-refractivity contribution in [2.24, 2.45) is 0 Å². The van der Waals surface area contributed by atoms with Crippen LogP contribution >= 0.6 is 0 Å². The first-order valence-corrected chi connectivity index (χ1v) is 4.61. The second kappa shape index (κ2) is 3.92. The van der Waals surface area contributed by atoms with Gasteiger partial charge in [-0.3, -0.25) is 0 Å². The summed E-state index contributed by atoms with van der Waals surface area (Å²) in [5, 5.41) is 19.1. The molecule has 0 aliphatic heterocycles. The Balaban J connectivity index is 2.55. The van der Waals surface area contributed by atoms with Crippen LogP contribution in [0.25, 0.3) is 11.0 Å². The molecule has 0 saturated carbocycles. The van der Waals surface area contributed by atoms with Gasteiger partial charge in [-0.2, -0.15) is 0 Å². The fraction of sp³-hybridized carbons (Fsp3) is 0.273. The van der Waals surface area contributed by atoms with Crippen LogP contribution in [0.4, 0.5) is 0 Å². The van der Waals surface area contributed by atoms with Crippen LogP contribution in [0.2, 0.25) is 0 Å². The summed E-state index contributed by atoms with van der Waals surface area (Å²) in [7, 11) is 1.55. The van der Waals surface area contributed by atoms with Crippen LogP contribution in [0.5, 0.6) is 5.75 Å². The summed E-state index contributed by atoms with van der Waals surface area (Å²) >= 11 is 0. The largest absolute Gasteiger partial charge is 0.493 e. The van der Waals surface area contributed by atoms with Gasteiger partial charge in [0.15, 0.2) is 11.3 Å². The highest BCUT2D eigenvalue weighted by molar-refractivity contribution is 5.83. The first-order chi connectivity index (χ1) is 7.26. The number of furan rings is 1. The van der Waals surface area contributed by atoms with Gasteiger partial charge in [0.2, 0.25) is 0 Å². The van der Waals surface area contributed by atoms with Crippen molar-refractivity contribution >= 4 is 11.0 Å². The molecule has 0 fully saturated rings. The van der Waals surface area contributed by atoms with Crippen molar-refractivity contribution in [1.82, 2.24) is 0 Å². The van der Waals surface area contributed by atoms with E-state index < -0.39 is 6.10 Å². The van der Waals surface area contributed by atoms with Gasteiger partial charge in [0, 0.05) is 5.39 Å². The molecule has 80 valence electrons. The average Bonchev–Trinajstić information content (AvgIpc) is 2.71. The third kappa shape index (κ3) is 1.69. The highest BCUT2D eigenvalue weighted by Gasteiger charge is 2.14. The average molecular weight is 208 g/mol. The fourth-order valence-electron chi connectivity index (χ4n) is 1.47. The minimum Gasteiger partial charge on any atom is -0.493 e. The Hall–Kier alpha value is -1.52.